The van der Waals surface area contributed by atoms with Gasteiger partial charge in [0.05, 0.1) is 19.2 Å². The normalized spacial score (nSPS) is 10.7. The van der Waals surface area contributed by atoms with Crippen molar-refractivity contribution in [3.63, 3.8) is 0 Å². The molecular weight excluding hydrogens is 334 g/mol. The van der Waals surface area contributed by atoms with Crippen molar-refractivity contribution < 1.29 is 14.3 Å². The van der Waals surface area contributed by atoms with Crippen molar-refractivity contribution in [2.45, 2.75) is 19.8 Å². The van der Waals surface area contributed by atoms with Crippen LogP contribution in [0.4, 0.5) is 0 Å². The molecule has 3 aromatic rings. The molecule has 8 nitrogen and oxygen atoms in total. The van der Waals surface area contributed by atoms with Gasteiger partial charge in [-0.25, -0.2) is 0 Å². The first-order chi connectivity index (χ1) is 12.7. The molecule has 26 heavy (non-hydrogen) atoms. The predicted molar refractivity (Wildman–Crippen MR) is 96.2 cm³/mol. The first-order valence-corrected chi connectivity index (χ1v) is 8.48. The second-order valence-corrected chi connectivity index (χ2v) is 5.61. The maximum absolute atomic E-state index is 11.4. The lowest BCUT2D eigenvalue weighted by Gasteiger charge is -2.08. The summed E-state index contributed by atoms with van der Waals surface area (Å²) in [5.74, 6) is 1.71. The smallest absolute Gasteiger partial charge is 0.231 e. The molecule has 2 aromatic heterocycles. The number of rotatable bonds is 8. The van der Waals surface area contributed by atoms with Crippen molar-refractivity contribution in [3.8, 4) is 23.0 Å². The van der Waals surface area contributed by atoms with E-state index in [0.717, 1.165) is 12.0 Å². The Kier molecular flexibility index (Phi) is 5.62. The SMILES string of the molecule is CCCC(=O)NCCOc1ccc2nnc(-c3ccccc3OC)n2n1. The number of hydrogen-bond donors (Lipinski definition) is 1. The van der Waals surface area contributed by atoms with E-state index in [1.54, 1.807) is 23.8 Å². The van der Waals surface area contributed by atoms with Crippen LogP contribution < -0.4 is 14.8 Å². The summed E-state index contributed by atoms with van der Waals surface area (Å²) in [4.78, 5) is 11.4. The zero-order valence-electron chi connectivity index (χ0n) is 14.8. The Morgan fingerprint density at radius 2 is 2.04 bits per heavy atom. The molecule has 0 saturated carbocycles. The van der Waals surface area contributed by atoms with E-state index in [4.69, 9.17) is 9.47 Å². The summed E-state index contributed by atoms with van der Waals surface area (Å²) >= 11 is 0. The van der Waals surface area contributed by atoms with E-state index in [2.05, 4.69) is 20.6 Å². The third kappa shape index (κ3) is 3.90. The topological polar surface area (TPSA) is 90.6 Å². The summed E-state index contributed by atoms with van der Waals surface area (Å²) in [5.41, 5.74) is 1.40. The van der Waals surface area contributed by atoms with Gasteiger partial charge in [-0.3, -0.25) is 4.79 Å². The van der Waals surface area contributed by atoms with Crippen LogP contribution in [0, 0.1) is 0 Å². The van der Waals surface area contributed by atoms with Crippen molar-refractivity contribution in [2.24, 2.45) is 0 Å². The van der Waals surface area contributed by atoms with Crippen molar-refractivity contribution in [1.29, 1.82) is 0 Å². The summed E-state index contributed by atoms with van der Waals surface area (Å²) in [6.45, 7) is 2.73. The largest absolute Gasteiger partial charge is 0.496 e. The molecule has 0 unspecified atom stereocenters. The summed E-state index contributed by atoms with van der Waals surface area (Å²) < 4.78 is 12.6. The van der Waals surface area contributed by atoms with E-state index in [9.17, 15) is 4.79 Å². The van der Waals surface area contributed by atoms with E-state index in [0.29, 0.717) is 42.7 Å². The number of methoxy groups -OCH3 is 1. The van der Waals surface area contributed by atoms with Crippen molar-refractivity contribution in [3.05, 3.63) is 36.4 Å². The summed E-state index contributed by atoms with van der Waals surface area (Å²) in [6.07, 6.45) is 1.34. The molecule has 0 bridgehead atoms. The monoisotopic (exact) mass is 355 g/mol. The van der Waals surface area contributed by atoms with E-state index >= 15 is 0 Å². The second-order valence-electron chi connectivity index (χ2n) is 5.61. The molecule has 0 atom stereocenters. The van der Waals surface area contributed by atoms with Gasteiger partial charge < -0.3 is 14.8 Å². The third-order valence-electron chi connectivity index (χ3n) is 3.74. The summed E-state index contributed by atoms with van der Waals surface area (Å²) in [5, 5.41) is 15.6. The molecule has 2 heterocycles. The van der Waals surface area contributed by atoms with Gasteiger partial charge in [-0.2, -0.15) is 4.52 Å². The Balaban J connectivity index is 1.75. The molecule has 0 saturated heterocycles. The molecule has 0 aliphatic rings. The maximum Gasteiger partial charge on any atom is 0.231 e. The fourth-order valence-corrected chi connectivity index (χ4v) is 2.51. The van der Waals surface area contributed by atoms with Gasteiger partial charge in [0.15, 0.2) is 11.5 Å². The number of carbonyl (C=O) groups excluding carboxylic acids is 1. The number of ether oxygens (including phenoxy) is 2. The third-order valence-corrected chi connectivity index (χ3v) is 3.74. The standard InChI is InChI=1S/C18H21N5O3/c1-3-6-16(24)19-11-12-26-17-10-9-15-20-21-18(23(15)22-17)13-7-4-5-8-14(13)25-2/h4-5,7-10H,3,6,11-12H2,1-2H3,(H,19,24). The molecule has 8 heteroatoms. The minimum atomic E-state index is 0.0248. The van der Waals surface area contributed by atoms with Crippen LogP contribution >= 0.6 is 0 Å². The number of benzene rings is 1. The highest BCUT2D eigenvalue weighted by atomic mass is 16.5. The van der Waals surface area contributed by atoms with Gasteiger partial charge in [0, 0.05) is 12.5 Å². The number of nitrogens with one attached hydrogen (secondary N) is 1. The van der Waals surface area contributed by atoms with E-state index < -0.39 is 0 Å². The molecule has 1 aromatic carbocycles. The zero-order valence-corrected chi connectivity index (χ0v) is 14.8. The van der Waals surface area contributed by atoms with Crippen LogP contribution in [0.5, 0.6) is 11.6 Å². The molecule has 3 rings (SSSR count). The number of amides is 1. The quantitative estimate of drug-likeness (QED) is 0.622. The highest BCUT2D eigenvalue weighted by molar-refractivity contribution is 5.75. The zero-order chi connectivity index (χ0) is 18.4. The van der Waals surface area contributed by atoms with Crippen LogP contribution in [-0.4, -0.2) is 46.0 Å². The number of aromatic nitrogens is 4. The van der Waals surface area contributed by atoms with E-state index in [-0.39, 0.29) is 5.91 Å². The lowest BCUT2D eigenvalue weighted by atomic mass is 10.2. The molecular formula is C18H21N5O3. The lowest BCUT2D eigenvalue weighted by molar-refractivity contribution is -0.121. The molecule has 0 aliphatic heterocycles. The number of nitrogens with zero attached hydrogens (tertiary/aromatic N) is 4. The van der Waals surface area contributed by atoms with Crippen molar-refractivity contribution in [1.82, 2.24) is 25.1 Å². The number of para-hydroxylation sites is 1. The molecule has 0 radical (unpaired) electrons. The van der Waals surface area contributed by atoms with Gasteiger partial charge in [0.2, 0.25) is 11.8 Å². The fourth-order valence-electron chi connectivity index (χ4n) is 2.51. The van der Waals surface area contributed by atoms with E-state index in [1.165, 1.54) is 0 Å². The van der Waals surface area contributed by atoms with Crippen LogP contribution in [0.3, 0.4) is 0 Å². The van der Waals surface area contributed by atoms with Crippen LogP contribution in [0.25, 0.3) is 17.0 Å². The maximum atomic E-state index is 11.4. The number of fused-ring (bicyclic) bond motifs is 1. The van der Waals surface area contributed by atoms with Gasteiger partial charge in [-0.05, 0) is 24.6 Å². The van der Waals surface area contributed by atoms with Gasteiger partial charge in [0.1, 0.15) is 12.4 Å². The van der Waals surface area contributed by atoms with Crippen LogP contribution in [0.2, 0.25) is 0 Å². The first-order valence-electron chi connectivity index (χ1n) is 8.48. The Labute approximate surface area is 151 Å². The minimum Gasteiger partial charge on any atom is -0.496 e. The average Bonchev–Trinajstić information content (AvgIpc) is 3.08. The highest BCUT2D eigenvalue weighted by Gasteiger charge is 2.14. The Morgan fingerprint density at radius 1 is 1.19 bits per heavy atom. The van der Waals surface area contributed by atoms with Crippen molar-refractivity contribution >= 4 is 11.6 Å². The molecule has 0 aliphatic carbocycles. The number of carbonyl (C=O) groups is 1. The minimum absolute atomic E-state index is 0.0248. The average molecular weight is 355 g/mol. The van der Waals surface area contributed by atoms with Crippen LogP contribution in [0.15, 0.2) is 36.4 Å². The lowest BCUT2D eigenvalue weighted by Crippen LogP contribution is -2.27. The fraction of sp³-hybridized carbons (Fsp3) is 0.333. The number of hydrogen-bond acceptors (Lipinski definition) is 6. The van der Waals surface area contributed by atoms with Crippen LogP contribution in [0.1, 0.15) is 19.8 Å². The molecule has 0 spiro atoms. The van der Waals surface area contributed by atoms with Crippen molar-refractivity contribution in [2.75, 3.05) is 20.3 Å². The van der Waals surface area contributed by atoms with Gasteiger partial charge in [-0.1, -0.05) is 19.1 Å². The van der Waals surface area contributed by atoms with Gasteiger partial charge in [0.25, 0.3) is 0 Å². The summed E-state index contributed by atoms with van der Waals surface area (Å²) in [7, 11) is 1.61. The van der Waals surface area contributed by atoms with E-state index in [1.807, 2.05) is 31.2 Å². The molecule has 1 amide bonds. The van der Waals surface area contributed by atoms with Crippen LogP contribution in [-0.2, 0) is 4.79 Å². The highest BCUT2D eigenvalue weighted by Crippen LogP contribution is 2.28. The van der Waals surface area contributed by atoms with Gasteiger partial charge >= 0.3 is 0 Å². The molecule has 0 fully saturated rings. The first kappa shape index (κ1) is 17.7. The van der Waals surface area contributed by atoms with Gasteiger partial charge in [-0.15, -0.1) is 15.3 Å². The Bertz CT molecular complexity index is 893. The molecule has 136 valence electrons. The molecule has 1 N–H and O–H groups in total. The Hall–Kier alpha value is -3.16. The summed E-state index contributed by atoms with van der Waals surface area (Å²) in [6, 6.07) is 11.1. The predicted octanol–water partition coefficient (Wildman–Crippen LogP) is 2.09. The Morgan fingerprint density at radius 3 is 2.85 bits per heavy atom. The second kappa shape index (κ2) is 8.28.